The summed E-state index contributed by atoms with van der Waals surface area (Å²) in [5.74, 6) is 0.119. The molecule has 0 aromatic heterocycles. The summed E-state index contributed by atoms with van der Waals surface area (Å²) in [5.41, 5.74) is -3.75. The van der Waals surface area contributed by atoms with E-state index in [0.717, 1.165) is 0 Å². The lowest BCUT2D eigenvalue weighted by Crippen LogP contribution is -2.07. The molecule has 0 N–H and O–H groups in total. The van der Waals surface area contributed by atoms with Gasteiger partial charge < -0.3 is 4.74 Å². The van der Waals surface area contributed by atoms with Crippen LogP contribution in [-0.4, -0.2) is 23.7 Å². The van der Waals surface area contributed by atoms with Crippen molar-refractivity contribution >= 4 is 17.5 Å². The Morgan fingerprint density at radius 1 is 1.41 bits per heavy atom. The first-order chi connectivity index (χ1) is 7.88. The first-order valence-electron chi connectivity index (χ1n) is 4.83. The van der Waals surface area contributed by atoms with Crippen LogP contribution in [0.3, 0.4) is 0 Å². The van der Waals surface area contributed by atoms with Gasteiger partial charge in [0.1, 0.15) is 5.75 Å². The van der Waals surface area contributed by atoms with Gasteiger partial charge in [-0.3, -0.25) is 4.79 Å². The third-order valence-electron chi connectivity index (χ3n) is 1.86. The van der Waals surface area contributed by atoms with Crippen LogP contribution < -0.4 is 4.74 Å². The van der Waals surface area contributed by atoms with E-state index in [1.165, 1.54) is 13.0 Å². The van der Waals surface area contributed by atoms with E-state index in [9.17, 15) is 18.0 Å². The molecule has 0 saturated carbocycles. The van der Waals surface area contributed by atoms with Crippen LogP contribution in [0.1, 0.15) is 17.3 Å². The summed E-state index contributed by atoms with van der Waals surface area (Å²) < 4.78 is 40.6. The highest BCUT2D eigenvalue weighted by Gasteiger charge is 2.27. The van der Waals surface area contributed by atoms with Gasteiger partial charge in [0.25, 0.3) is 0 Å². The first kappa shape index (κ1) is 13.9. The van der Waals surface area contributed by atoms with E-state index < -0.39 is 5.51 Å². The van der Waals surface area contributed by atoms with E-state index in [1.54, 1.807) is 18.2 Å². The second kappa shape index (κ2) is 5.95. The van der Waals surface area contributed by atoms with Gasteiger partial charge in [0.15, 0.2) is 5.78 Å². The number of hydrogen-bond donors (Lipinski definition) is 0. The zero-order chi connectivity index (χ0) is 12.9. The van der Waals surface area contributed by atoms with E-state index in [1.807, 2.05) is 0 Å². The Morgan fingerprint density at radius 3 is 2.71 bits per heavy atom. The van der Waals surface area contributed by atoms with E-state index in [0.29, 0.717) is 11.3 Å². The average molecular weight is 264 g/mol. The summed E-state index contributed by atoms with van der Waals surface area (Å²) in [5, 5.41) is 0. The largest absolute Gasteiger partial charge is 0.493 e. The smallest absolute Gasteiger partial charge is 0.441 e. The lowest BCUT2D eigenvalue weighted by molar-refractivity contribution is -0.0329. The zero-order valence-corrected chi connectivity index (χ0v) is 9.90. The van der Waals surface area contributed by atoms with Gasteiger partial charge in [0, 0.05) is 11.3 Å². The van der Waals surface area contributed by atoms with Gasteiger partial charge >= 0.3 is 5.51 Å². The molecule has 17 heavy (non-hydrogen) atoms. The van der Waals surface area contributed by atoms with Crippen LogP contribution in [0.25, 0.3) is 0 Å². The summed E-state index contributed by atoms with van der Waals surface area (Å²) in [6, 6.07) is 6.37. The molecule has 0 heterocycles. The molecule has 0 unspecified atom stereocenters. The van der Waals surface area contributed by atoms with Crippen LogP contribution in [0.5, 0.6) is 5.75 Å². The maximum Gasteiger partial charge on any atom is 0.441 e. The van der Waals surface area contributed by atoms with Crippen molar-refractivity contribution in [3.63, 3.8) is 0 Å². The van der Waals surface area contributed by atoms with E-state index in [4.69, 9.17) is 4.74 Å². The number of hydrogen-bond acceptors (Lipinski definition) is 3. The van der Waals surface area contributed by atoms with Crippen molar-refractivity contribution in [2.75, 3.05) is 12.4 Å². The predicted molar refractivity (Wildman–Crippen MR) is 60.5 cm³/mol. The zero-order valence-electron chi connectivity index (χ0n) is 9.08. The topological polar surface area (TPSA) is 26.3 Å². The molecule has 1 aromatic carbocycles. The van der Waals surface area contributed by atoms with Crippen LogP contribution >= 0.6 is 11.8 Å². The number of ether oxygens (including phenoxy) is 1. The SMILES string of the molecule is CC(=O)c1cccc(OCCSC(F)(F)F)c1. The monoisotopic (exact) mass is 264 g/mol. The molecule has 1 aromatic rings. The van der Waals surface area contributed by atoms with Crippen molar-refractivity contribution in [2.24, 2.45) is 0 Å². The number of Topliss-reactive ketones (excluding diaryl/α,β-unsaturated/α-hetero) is 1. The van der Waals surface area contributed by atoms with Gasteiger partial charge in [0.05, 0.1) is 6.61 Å². The van der Waals surface area contributed by atoms with Crippen LogP contribution in [-0.2, 0) is 0 Å². The normalized spacial score (nSPS) is 11.3. The second-order valence-electron chi connectivity index (χ2n) is 3.23. The maximum absolute atomic E-state index is 11.8. The molecule has 0 radical (unpaired) electrons. The van der Waals surface area contributed by atoms with Crippen molar-refractivity contribution in [3.05, 3.63) is 29.8 Å². The number of carbonyl (C=O) groups is 1. The summed E-state index contributed by atoms with van der Waals surface area (Å²) in [6.45, 7) is 1.37. The molecule has 1 rings (SSSR count). The quantitative estimate of drug-likeness (QED) is 0.601. The number of thioether (sulfide) groups is 1. The van der Waals surface area contributed by atoms with Crippen LogP contribution in [0, 0.1) is 0 Å². The lowest BCUT2D eigenvalue weighted by Gasteiger charge is -2.08. The Morgan fingerprint density at radius 2 is 2.12 bits per heavy atom. The second-order valence-corrected chi connectivity index (χ2v) is 4.39. The fraction of sp³-hybridized carbons (Fsp3) is 0.364. The van der Waals surface area contributed by atoms with E-state index in [-0.39, 0.29) is 29.9 Å². The maximum atomic E-state index is 11.8. The van der Waals surface area contributed by atoms with Gasteiger partial charge in [-0.25, -0.2) is 0 Å². The van der Waals surface area contributed by atoms with Crippen LogP contribution in [0.4, 0.5) is 13.2 Å². The fourth-order valence-corrected chi connectivity index (χ4v) is 1.52. The minimum atomic E-state index is -4.23. The molecule has 0 fully saturated rings. The van der Waals surface area contributed by atoms with Crippen LogP contribution in [0.15, 0.2) is 24.3 Å². The fourth-order valence-electron chi connectivity index (χ4n) is 1.12. The van der Waals surface area contributed by atoms with Gasteiger partial charge in [-0.05, 0) is 30.8 Å². The minimum absolute atomic E-state index is 0.0501. The molecule has 94 valence electrons. The summed E-state index contributed by atoms with van der Waals surface area (Å²) in [7, 11) is 0. The van der Waals surface area contributed by atoms with Crippen molar-refractivity contribution in [1.82, 2.24) is 0 Å². The van der Waals surface area contributed by atoms with Crippen molar-refractivity contribution < 1.29 is 22.7 Å². The molecule has 0 atom stereocenters. The number of halogens is 3. The van der Waals surface area contributed by atoms with Gasteiger partial charge in [-0.2, -0.15) is 13.2 Å². The summed E-state index contributed by atoms with van der Waals surface area (Å²) >= 11 is -0.129. The molecule has 6 heteroatoms. The molecular formula is C11H11F3O2S. The highest BCUT2D eigenvalue weighted by Crippen LogP contribution is 2.29. The molecule has 0 bridgehead atoms. The molecule has 2 nitrogen and oxygen atoms in total. The molecule has 0 aliphatic heterocycles. The Bertz CT molecular complexity index is 391. The molecule has 0 amide bonds. The van der Waals surface area contributed by atoms with E-state index >= 15 is 0 Å². The number of rotatable bonds is 5. The van der Waals surface area contributed by atoms with E-state index in [2.05, 4.69) is 0 Å². The summed E-state index contributed by atoms with van der Waals surface area (Å²) in [6.07, 6.45) is 0. The third-order valence-corrected chi connectivity index (χ3v) is 2.56. The highest BCUT2D eigenvalue weighted by atomic mass is 32.2. The van der Waals surface area contributed by atoms with Crippen molar-refractivity contribution in [3.8, 4) is 5.75 Å². The molecule has 0 saturated heterocycles. The summed E-state index contributed by atoms with van der Waals surface area (Å²) in [4.78, 5) is 11.1. The molecule has 0 aliphatic rings. The Balaban J connectivity index is 2.42. The standard InChI is InChI=1S/C11H11F3O2S/c1-8(15)9-3-2-4-10(7-9)16-5-6-17-11(12,13)14/h2-4,7H,5-6H2,1H3. The lowest BCUT2D eigenvalue weighted by atomic mass is 10.1. The molecule has 0 aliphatic carbocycles. The van der Waals surface area contributed by atoms with Crippen molar-refractivity contribution in [2.45, 2.75) is 12.4 Å². The number of benzene rings is 1. The molecule has 0 spiro atoms. The minimum Gasteiger partial charge on any atom is -0.493 e. The Labute approximate surface area is 101 Å². The highest BCUT2D eigenvalue weighted by molar-refractivity contribution is 8.00. The predicted octanol–water partition coefficient (Wildman–Crippen LogP) is 3.52. The first-order valence-corrected chi connectivity index (χ1v) is 5.81. The number of carbonyl (C=O) groups excluding carboxylic acids is 1. The van der Waals surface area contributed by atoms with Crippen molar-refractivity contribution in [1.29, 1.82) is 0 Å². The number of alkyl halides is 3. The average Bonchev–Trinajstić information content (AvgIpc) is 2.23. The number of ketones is 1. The van der Waals surface area contributed by atoms with Gasteiger partial charge in [-0.15, -0.1) is 0 Å². The van der Waals surface area contributed by atoms with Gasteiger partial charge in [-0.1, -0.05) is 12.1 Å². The van der Waals surface area contributed by atoms with Crippen LogP contribution in [0.2, 0.25) is 0 Å². The van der Waals surface area contributed by atoms with Gasteiger partial charge in [0.2, 0.25) is 0 Å². The Kier molecular flexibility index (Phi) is 4.86. The Hall–Kier alpha value is -1.17. The third kappa shape index (κ3) is 5.63. The molecular weight excluding hydrogens is 253 g/mol.